The van der Waals surface area contributed by atoms with Crippen LogP contribution in [0.1, 0.15) is 55.9 Å². The van der Waals surface area contributed by atoms with Crippen molar-refractivity contribution in [2.75, 3.05) is 26.7 Å². The van der Waals surface area contributed by atoms with Crippen molar-refractivity contribution in [2.45, 2.75) is 77.3 Å². The zero-order valence-corrected chi connectivity index (χ0v) is 23.1. The second-order valence-corrected chi connectivity index (χ2v) is 11.4. The summed E-state index contributed by atoms with van der Waals surface area (Å²) in [7, 11) is -2.24. The van der Waals surface area contributed by atoms with E-state index in [-0.39, 0.29) is 29.2 Å². The van der Waals surface area contributed by atoms with Gasteiger partial charge in [-0.15, -0.1) is 0 Å². The van der Waals surface area contributed by atoms with Gasteiger partial charge in [-0.2, -0.15) is 0 Å². The Kier molecular flexibility index (Phi) is 9.72. The van der Waals surface area contributed by atoms with Gasteiger partial charge in [-0.05, 0) is 71.2 Å². The molecule has 0 unspecified atom stereocenters. The standard InChI is InChI=1S/C24H40N6O5S/c1-14-15(2)21(16(3)18-13-24(5,6)35-20(14)18)36(33,34)30-23(25)28-10-8-9-19(29-17(4)31)22(32)27-12-11-26-7/h19,26H,8-13H2,1-7H3,(H,27,32)(H,29,31)(H3,25,28,30)/t19-/m0/s1. The summed E-state index contributed by atoms with van der Waals surface area (Å²) in [5, 5.41) is 19.2. The molecule has 0 radical (unpaired) electrons. The van der Waals surface area contributed by atoms with E-state index in [2.05, 4.69) is 26.0 Å². The first kappa shape index (κ1) is 29.4. The lowest BCUT2D eigenvalue weighted by molar-refractivity contribution is -0.128. The highest BCUT2D eigenvalue weighted by molar-refractivity contribution is 7.90. The van der Waals surface area contributed by atoms with Crippen LogP contribution >= 0.6 is 0 Å². The number of amides is 2. The molecule has 0 saturated carbocycles. The van der Waals surface area contributed by atoms with Crippen LogP contribution in [0.4, 0.5) is 0 Å². The number of rotatable bonds is 11. The van der Waals surface area contributed by atoms with Gasteiger partial charge in [0.05, 0.1) is 4.90 Å². The fraction of sp³-hybridized carbons (Fsp3) is 0.625. The summed E-state index contributed by atoms with van der Waals surface area (Å²) in [4.78, 5) is 24.0. The van der Waals surface area contributed by atoms with E-state index in [1.165, 1.54) is 6.92 Å². The van der Waals surface area contributed by atoms with Crippen LogP contribution in [0.3, 0.4) is 0 Å². The Morgan fingerprint density at radius 3 is 2.33 bits per heavy atom. The minimum atomic E-state index is -4.02. The molecule has 2 amide bonds. The van der Waals surface area contributed by atoms with Crippen LogP contribution in [0.25, 0.3) is 0 Å². The molecule has 2 rings (SSSR count). The summed E-state index contributed by atoms with van der Waals surface area (Å²) in [6, 6.07) is -0.710. The second-order valence-electron chi connectivity index (χ2n) is 9.75. The Bertz CT molecular complexity index is 1120. The molecule has 1 aliphatic heterocycles. The van der Waals surface area contributed by atoms with E-state index in [1.807, 2.05) is 20.8 Å². The van der Waals surface area contributed by atoms with Crippen molar-refractivity contribution in [2.24, 2.45) is 0 Å². The summed E-state index contributed by atoms with van der Waals surface area (Å²) in [6.07, 6.45) is 1.36. The minimum absolute atomic E-state index is 0.163. The first-order chi connectivity index (χ1) is 16.7. The van der Waals surface area contributed by atoms with Crippen LogP contribution in [0, 0.1) is 26.2 Å². The Balaban J connectivity index is 2.01. The molecule has 1 aliphatic rings. The molecule has 1 atom stereocenters. The van der Waals surface area contributed by atoms with E-state index in [0.717, 1.165) is 16.9 Å². The topological polar surface area (TPSA) is 162 Å². The number of guanidine groups is 1. The summed E-state index contributed by atoms with van der Waals surface area (Å²) in [5.74, 6) is -0.230. The second kappa shape index (κ2) is 11.9. The van der Waals surface area contributed by atoms with Gasteiger partial charge in [0.15, 0.2) is 0 Å². The number of benzene rings is 1. The third-order valence-electron chi connectivity index (χ3n) is 6.14. The maximum absolute atomic E-state index is 13.2. The molecule has 0 aliphatic carbocycles. The molecule has 0 aromatic heterocycles. The fourth-order valence-electron chi connectivity index (χ4n) is 4.34. The van der Waals surface area contributed by atoms with Crippen LogP contribution < -0.4 is 30.7 Å². The molecule has 1 aromatic carbocycles. The number of carbonyl (C=O) groups is 2. The first-order valence-corrected chi connectivity index (χ1v) is 13.5. The molecule has 12 heteroatoms. The fourth-order valence-corrected chi connectivity index (χ4v) is 5.86. The van der Waals surface area contributed by atoms with Crippen LogP contribution in [0.2, 0.25) is 0 Å². The average molecular weight is 525 g/mol. The maximum Gasteiger partial charge on any atom is 0.264 e. The third-order valence-corrected chi connectivity index (χ3v) is 7.76. The van der Waals surface area contributed by atoms with Crippen molar-refractivity contribution in [3.63, 3.8) is 0 Å². The molecule has 1 heterocycles. The van der Waals surface area contributed by atoms with Crippen molar-refractivity contribution in [3.05, 3.63) is 22.3 Å². The highest BCUT2D eigenvalue weighted by atomic mass is 32.2. The number of likely N-dealkylation sites (N-methyl/N-ethyl adjacent to an activating group) is 1. The lowest BCUT2D eigenvalue weighted by atomic mass is 9.94. The zero-order valence-electron chi connectivity index (χ0n) is 22.3. The molecule has 1 aromatic rings. The number of ether oxygens (including phenoxy) is 1. The lowest BCUT2D eigenvalue weighted by Crippen LogP contribution is -2.47. The SMILES string of the molecule is CNCCNC(=O)[C@H](CCCNC(=N)NS(=O)(=O)c1c(C)c(C)c2c(c1C)CC(C)(C)O2)NC(C)=O. The first-order valence-electron chi connectivity index (χ1n) is 12.1. The van der Waals surface area contributed by atoms with Crippen molar-refractivity contribution in [3.8, 4) is 5.75 Å². The Labute approximate surface area is 214 Å². The predicted octanol–water partition coefficient (Wildman–Crippen LogP) is 0.749. The summed E-state index contributed by atoms with van der Waals surface area (Å²) in [6.45, 7) is 11.9. The van der Waals surface area contributed by atoms with Crippen LogP contribution in [-0.2, 0) is 26.0 Å². The van der Waals surface area contributed by atoms with Gasteiger partial charge >= 0.3 is 0 Å². The number of sulfonamides is 1. The lowest BCUT2D eigenvalue weighted by Gasteiger charge is -2.20. The molecule has 202 valence electrons. The van der Waals surface area contributed by atoms with Crippen molar-refractivity contribution >= 4 is 27.8 Å². The smallest absolute Gasteiger partial charge is 0.264 e. The highest BCUT2D eigenvalue weighted by Gasteiger charge is 2.36. The number of hydrogen-bond donors (Lipinski definition) is 6. The molecular formula is C24H40N6O5S. The molecule has 36 heavy (non-hydrogen) atoms. The monoisotopic (exact) mass is 524 g/mol. The number of nitrogens with one attached hydrogen (secondary N) is 6. The quantitative estimate of drug-likeness (QED) is 0.141. The van der Waals surface area contributed by atoms with E-state index in [9.17, 15) is 18.0 Å². The molecule has 11 nitrogen and oxygen atoms in total. The van der Waals surface area contributed by atoms with E-state index in [1.54, 1.807) is 20.9 Å². The Hall–Kier alpha value is -2.86. The number of fused-ring (bicyclic) bond motifs is 1. The number of carbonyl (C=O) groups excluding carboxylic acids is 2. The Morgan fingerprint density at radius 2 is 1.72 bits per heavy atom. The van der Waals surface area contributed by atoms with E-state index in [0.29, 0.717) is 43.5 Å². The van der Waals surface area contributed by atoms with Crippen LogP contribution in [0.15, 0.2) is 4.90 Å². The number of hydrogen-bond acceptors (Lipinski definition) is 7. The summed E-state index contributed by atoms with van der Waals surface area (Å²) < 4.78 is 34.9. The van der Waals surface area contributed by atoms with E-state index in [4.69, 9.17) is 10.1 Å². The van der Waals surface area contributed by atoms with Crippen LogP contribution in [-0.4, -0.2) is 64.5 Å². The van der Waals surface area contributed by atoms with Gasteiger partial charge in [-0.3, -0.25) is 15.0 Å². The average Bonchev–Trinajstić information content (AvgIpc) is 3.09. The zero-order chi connectivity index (χ0) is 27.3. The molecule has 0 fully saturated rings. The van der Waals surface area contributed by atoms with E-state index < -0.39 is 21.7 Å². The van der Waals surface area contributed by atoms with E-state index >= 15 is 0 Å². The Morgan fingerprint density at radius 1 is 1.06 bits per heavy atom. The molecule has 0 spiro atoms. The van der Waals surface area contributed by atoms with Gasteiger partial charge in [-0.25, -0.2) is 13.1 Å². The van der Waals surface area contributed by atoms with Gasteiger partial charge in [0.25, 0.3) is 10.0 Å². The molecule has 0 bridgehead atoms. The summed E-state index contributed by atoms with van der Waals surface area (Å²) in [5.41, 5.74) is 2.46. The summed E-state index contributed by atoms with van der Waals surface area (Å²) >= 11 is 0. The van der Waals surface area contributed by atoms with Gasteiger partial charge in [-0.1, -0.05) is 0 Å². The van der Waals surface area contributed by atoms with Gasteiger partial charge in [0, 0.05) is 38.5 Å². The largest absolute Gasteiger partial charge is 0.487 e. The normalized spacial score (nSPS) is 14.9. The molecule has 6 N–H and O–H groups in total. The molecular weight excluding hydrogens is 484 g/mol. The maximum atomic E-state index is 13.2. The molecule has 0 saturated heterocycles. The van der Waals surface area contributed by atoms with Gasteiger partial charge in [0.2, 0.25) is 17.8 Å². The minimum Gasteiger partial charge on any atom is -0.487 e. The van der Waals surface area contributed by atoms with Crippen molar-refractivity contribution < 1.29 is 22.7 Å². The van der Waals surface area contributed by atoms with Crippen molar-refractivity contribution in [1.82, 2.24) is 26.0 Å². The van der Waals surface area contributed by atoms with Gasteiger partial charge in [0.1, 0.15) is 17.4 Å². The predicted molar refractivity (Wildman–Crippen MR) is 139 cm³/mol. The van der Waals surface area contributed by atoms with Crippen LogP contribution in [0.5, 0.6) is 5.75 Å². The highest BCUT2D eigenvalue weighted by Crippen LogP contribution is 2.43. The third kappa shape index (κ3) is 7.33. The van der Waals surface area contributed by atoms with Crippen molar-refractivity contribution in [1.29, 1.82) is 5.41 Å². The van der Waals surface area contributed by atoms with Gasteiger partial charge < -0.3 is 26.0 Å².